The molecule has 5 heteroatoms. The summed E-state index contributed by atoms with van der Waals surface area (Å²) in [7, 11) is 0. The van der Waals surface area contributed by atoms with E-state index in [0.29, 0.717) is 30.3 Å². The van der Waals surface area contributed by atoms with Gasteiger partial charge in [-0.25, -0.2) is 4.79 Å². The maximum atomic E-state index is 10.9. The molecule has 0 aromatic heterocycles. The zero-order valence-corrected chi connectivity index (χ0v) is 8.03. The van der Waals surface area contributed by atoms with Crippen LogP contribution in [0.25, 0.3) is 0 Å². The number of rotatable bonds is 2. The van der Waals surface area contributed by atoms with Gasteiger partial charge in [0.1, 0.15) is 13.2 Å². The highest BCUT2D eigenvalue weighted by atomic mass is 16.6. The number of aromatic carboxylic acids is 1. The molecule has 0 aliphatic carbocycles. The van der Waals surface area contributed by atoms with Gasteiger partial charge in [-0.2, -0.15) is 0 Å². The first-order chi connectivity index (χ1) is 7.22. The molecule has 5 nitrogen and oxygen atoms in total. The van der Waals surface area contributed by atoms with Crippen LogP contribution in [0.5, 0.6) is 11.5 Å². The second-order valence-electron chi connectivity index (χ2n) is 3.16. The maximum Gasteiger partial charge on any atom is 0.336 e. The molecule has 0 bridgehead atoms. The topological polar surface area (TPSA) is 81.8 Å². The molecular formula is C10H11NO4. The fourth-order valence-corrected chi connectivity index (χ4v) is 1.50. The molecule has 0 spiro atoms. The van der Waals surface area contributed by atoms with E-state index in [4.69, 9.17) is 20.3 Å². The van der Waals surface area contributed by atoms with Gasteiger partial charge in [0.05, 0.1) is 5.56 Å². The van der Waals surface area contributed by atoms with E-state index in [-0.39, 0.29) is 12.1 Å². The van der Waals surface area contributed by atoms with Crippen molar-refractivity contribution in [2.45, 2.75) is 6.54 Å². The molecular weight excluding hydrogens is 198 g/mol. The number of hydrogen-bond acceptors (Lipinski definition) is 4. The molecule has 0 atom stereocenters. The second-order valence-corrected chi connectivity index (χ2v) is 3.16. The first kappa shape index (κ1) is 9.79. The number of hydrogen-bond donors (Lipinski definition) is 2. The summed E-state index contributed by atoms with van der Waals surface area (Å²) in [5, 5.41) is 8.95. The summed E-state index contributed by atoms with van der Waals surface area (Å²) >= 11 is 0. The van der Waals surface area contributed by atoms with Crippen molar-refractivity contribution in [3.8, 4) is 11.5 Å². The van der Waals surface area contributed by atoms with Crippen LogP contribution in [0.4, 0.5) is 0 Å². The maximum absolute atomic E-state index is 10.9. The average molecular weight is 209 g/mol. The quantitative estimate of drug-likeness (QED) is 0.745. The third-order valence-corrected chi connectivity index (χ3v) is 2.22. The van der Waals surface area contributed by atoms with Gasteiger partial charge < -0.3 is 20.3 Å². The Bertz CT molecular complexity index is 403. The summed E-state index contributed by atoms with van der Waals surface area (Å²) in [5.41, 5.74) is 6.18. The number of nitrogens with two attached hydrogens (primary N) is 1. The zero-order chi connectivity index (χ0) is 10.8. The van der Waals surface area contributed by atoms with Crippen molar-refractivity contribution in [1.82, 2.24) is 0 Å². The van der Waals surface area contributed by atoms with Crippen LogP contribution in [0.1, 0.15) is 15.9 Å². The lowest BCUT2D eigenvalue weighted by molar-refractivity contribution is 0.0694. The Balaban J connectivity index is 2.51. The monoisotopic (exact) mass is 209 g/mol. The molecule has 15 heavy (non-hydrogen) atoms. The van der Waals surface area contributed by atoms with Crippen molar-refractivity contribution in [2.24, 2.45) is 5.73 Å². The molecule has 1 aromatic carbocycles. The van der Waals surface area contributed by atoms with Crippen molar-refractivity contribution in [3.63, 3.8) is 0 Å². The SMILES string of the molecule is NCc1cc2c(cc1C(=O)O)OCCO2. The van der Waals surface area contributed by atoms with Gasteiger partial charge in [-0.05, 0) is 17.7 Å². The smallest absolute Gasteiger partial charge is 0.336 e. The number of fused-ring (bicyclic) bond motifs is 1. The Morgan fingerprint density at radius 1 is 1.33 bits per heavy atom. The van der Waals surface area contributed by atoms with Crippen molar-refractivity contribution in [1.29, 1.82) is 0 Å². The van der Waals surface area contributed by atoms with Gasteiger partial charge in [0.2, 0.25) is 0 Å². The van der Waals surface area contributed by atoms with Gasteiger partial charge in [0.15, 0.2) is 11.5 Å². The van der Waals surface area contributed by atoms with Crippen LogP contribution >= 0.6 is 0 Å². The number of ether oxygens (including phenoxy) is 2. The predicted molar refractivity (Wildman–Crippen MR) is 52.3 cm³/mol. The zero-order valence-electron chi connectivity index (χ0n) is 8.03. The highest BCUT2D eigenvalue weighted by Gasteiger charge is 2.18. The minimum atomic E-state index is -1.01. The molecule has 1 aromatic rings. The van der Waals surface area contributed by atoms with E-state index in [1.54, 1.807) is 6.07 Å². The summed E-state index contributed by atoms with van der Waals surface area (Å²) in [6.45, 7) is 1.08. The first-order valence-corrected chi connectivity index (χ1v) is 4.58. The lowest BCUT2D eigenvalue weighted by atomic mass is 10.1. The molecule has 0 fully saturated rings. The largest absolute Gasteiger partial charge is 0.486 e. The van der Waals surface area contributed by atoms with E-state index in [2.05, 4.69) is 0 Å². The third-order valence-electron chi connectivity index (χ3n) is 2.22. The molecule has 0 saturated heterocycles. The lowest BCUT2D eigenvalue weighted by Gasteiger charge is -2.19. The molecule has 1 heterocycles. The highest BCUT2D eigenvalue weighted by Crippen LogP contribution is 2.33. The minimum Gasteiger partial charge on any atom is -0.486 e. The summed E-state index contributed by atoms with van der Waals surface area (Å²) in [6.07, 6.45) is 0. The van der Waals surface area contributed by atoms with Gasteiger partial charge in [-0.3, -0.25) is 0 Å². The van der Waals surface area contributed by atoms with E-state index < -0.39 is 5.97 Å². The molecule has 0 saturated carbocycles. The Kier molecular flexibility index (Phi) is 2.47. The third kappa shape index (κ3) is 1.73. The van der Waals surface area contributed by atoms with Gasteiger partial charge in [-0.1, -0.05) is 0 Å². The lowest BCUT2D eigenvalue weighted by Crippen LogP contribution is -2.17. The van der Waals surface area contributed by atoms with E-state index >= 15 is 0 Å². The molecule has 0 radical (unpaired) electrons. The Hall–Kier alpha value is -1.75. The van der Waals surface area contributed by atoms with Crippen LogP contribution in [0.2, 0.25) is 0 Å². The molecule has 80 valence electrons. The molecule has 1 aliphatic rings. The van der Waals surface area contributed by atoms with Gasteiger partial charge in [-0.15, -0.1) is 0 Å². The minimum absolute atomic E-state index is 0.165. The van der Waals surface area contributed by atoms with E-state index in [9.17, 15) is 4.79 Å². The van der Waals surface area contributed by atoms with Crippen LogP contribution < -0.4 is 15.2 Å². The first-order valence-electron chi connectivity index (χ1n) is 4.58. The van der Waals surface area contributed by atoms with Crippen LogP contribution in [0, 0.1) is 0 Å². The summed E-state index contributed by atoms with van der Waals surface area (Å²) in [6, 6.07) is 3.08. The second kappa shape index (κ2) is 3.78. The summed E-state index contributed by atoms with van der Waals surface area (Å²) < 4.78 is 10.6. The van der Waals surface area contributed by atoms with Crippen LogP contribution in [0.15, 0.2) is 12.1 Å². The summed E-state index contributed by atoms with van der Waals surface area (Å²) in [4.78, 5) is 10.9. The molecule has 2 rings (SSSR count). The van der Waals surface area contributed by atoms with Crippen molar-refractivity contribution in [2.75, 3.05) is 13.2 Å². The number of carboxylic acid groups (broad SMARTS) is 1. The van der Waals surface area contributed by atoms with Crippen LogP contribution in [0.3, 0.4) is 0 Å². The van der Waals surface area contributed by atoms with Crippen molar-refractivity contribution < 1.29 is 19.4 Å². The van der Waals surface area contributed by atoms with Gasteiger partial charge in [0, 0.05) is 6.54 Å². The molecule has 0 amide bonds. The van der Waals surface area contributed by atoms with E-state index in [0.717, 1.165) is 0 Å². The van der Waals surface area contributed by atoms with E-state index in [1.807, 2.05) is 0 Å². The Morgan fingerprint density at radius 3 is 2.47 bits per heavy atom. The standard InChI is InChI=1S/C10H11NO4/c11-5-6-3-8-9(15-2-1-14-8)4-7(6)10(12)13/h3-4H,1-2,5,11H2,(H,12,13). The Morgan fingerprint density at radius 2 is 1.93 bits per heavy atom. The fourth-order valence-electron chi connectivity index (χ4n) is 1.50. The molecule has 0 unspecified atom stereocenters. The van der Waals surface area contributed by atoms with Crippen molar-refractivity contribution in [3.05, 3.63) is 23.3 Å². The van der Waals surface area contributed by atoms with Gasteiger partial charge in [0.25, 0.3) is 0 Å². The van der Waals surface area contributed by atoms with E-state index in [1.165, 1.54) is 6.07 Å². The van der Waals surface area contributed by atoms with Crippen molar-refractivity contribution >= 4 is 5.97 Å². The van der Waals surface area contributed by atoms with Crippen LogP contribution in [-0.4, -0.2) is 24.3 Å². The average Bonchev–Trinajstić information content (AvgIpc) is 2.27. The van der Waals surface area contributed by atoms with Crippen LogP contribution in [-0.2, 0) is 6.54 Å². The predicted octanol–water partition coefficient (Wildman–Crippen LogP) is 0.615. The number of benzene rings is 1. The molecule has 3 N–H and O–H groups in total. The fraction of sp³-hybridized carbons (Fsp3) is 0.300. The van der Waals surface area contributed by atoms with Gasteiger partial charge >= 0.3 is 5.97 Å². The Labute approximate surface area is 86.4 Å². The highest BCUT2D eigenvalue weighted by molar-refractivity contribution is 5.90. The normalized spacial score (nSPS) is 13.7. The molecule has 1 aliphatic heterocycles. The number of carbonyl (C=O) groups is 1. The number of carboxylic acids is 1. The summed E-state index contributed by atoms with van der Waals surface area (Å²) in [5.74, 6) is 0.0231.